The molecule has 0 atom stereocenters. The van der Waals surface area contributed by atoms with Crippen molar-refractivity contribution in [2.75, 3.05) is 12.9 Å². The predicted molar refractivity (Wildman–Crippen MR) is 148 cm³/mol. The van der Waals surface area contributed by atoms with Crippen molar-refractivity contribution in [3.63, 3.8) is 0 Å². The maximum absolute atomic E-state index is 13.7. The zero-order valence-corrected chi connectivity index (χ0v) is 23.0. The number of fused-ring (bicyclic) bond motifs is 1. The van der Waals surface area contributed by atoms with Crippen LogP contribution in [0.1, 0.15) is 22.8 Å². The second-order valence-electron chi connectivity index (χ2n) is 8.59. The number of carbonyl (C=O) groups is 1. The summed E-state index contributed by atoms with van der Waals surface area (Å²) in [4.78, 5) is 20.2. The van der Waals surface area contributed by atoms with Gasteiger partial charge in [-0.25, -0.2) is 13.2 Å². The third kappa shape index (κ3) is 5.34. The van der Waals surface area contributed by atoms with Crippen LogP contribution >= 0.6 is 22.7 Å². The summed E-state index contributed by atoms with van der Waals surface area (Å²) >= 11 is 2.79. The smallest absolute Gasteiger partial charge is 0.418 e. The number of esters is 1. The van der Waals surface area contributed by atoms with Gasteiger partial charge in [-0.15, -0.1) is 22.7 Å². The van der Waals surface area contributed by atoms with E-state index in [0.29, 0.717) is 10.4 Å². The molecule has 0 N–H and O–H groups in total. The van der Waals surface area contributed by atoms with Crippen LogP contribution in [-0.2, 0) is 20.8 Å². The number of aromatic nitrogens is 1. The van der Waals surface area contributed by atoms with Crippen molar-refractivity contribution < 1.29 is 31.1 Å². The van der Waals surface area contributed by atoms with Crippen LogP contribution in [0.4, 0.5) is 13.2 Å². The lowest BCUT2D eigenvalue weighted by molar-refractivity contribution is -0.136. The van der Waals surface area contributed by atoms with Crippen LogP contribution < -0.4 is 0 Å². The van der Waals surface area contributed by atoms with Gasteiger partial charge in [0.1, 0.15) is 0 Å². The van der Waals surface area contributed by atoms with E-state index in [-0.39, 0.29) is 28.0 Å². The predicted octanol–water partition coefficient (Wildman–Crippen LogP) is 7.96. The van der Waals surface area contributed by atoms with Crippen LogP contribution in [-0.4, -0.2) is 32.2 Å². The van der Waals surface area contributed by atoms with Gasteiger partial charge >= 0.3 is 12.1 Å². The first-order chi connectivity index (χ1) is 18.5. The maximum Gasteiger partial charge on any atom is 0.418 e. The minimum atomic E-state index is -4.61. The molecule has 0 saturated heterocycles. The number of thiophene rings is 2. The number of nitrogens with zero attached hydrogens (tertiary/aromatic N) is 1. The first-order valence-electron chi connectivity index (χ1n) is 11.6. The van der Waals surface area contributed by atoms with Crippen molar-refractivity contribution in [3.05, 3.63) is 84.1 Å². The molecular weight excluding hydrogens is 568 g/mol. The van der Waals surface area contributed by atoms with Gasteiger partial charge in [-0.1, -0.05) is 24.3 Å². The zero-order valence-electron chi connectivity index (χ0n) is 20.6. The van der Waals surface area contributed by atoms with Gasteiger partial charge in [0.05, 0.1) is 28.1 Å². The number of ether oxygens (including phenoxy) is 1. The van der Waals surface area contributed by atoms with Crippen molar-refractivity contribution in [1.82, 2.24) is 4.98 Å². The van der Waals surface area contributed by atoms with Crippen molar-refractivity contribution in [2.24, 2.45) is 0 Å². The van der Waals surface area contributed by atoms with Gasteiger partial charge in [0.25, 0.3) is 0 Å². The molecular formula is C28H20F3NO4S3. The van der Waals surface area contributed by atoms with E-state index < -0.39 is 27.5 Å². The Morgan fingerprint density at radius 3 is 2.23 bits per heavy atom. The molecule has 3 aromatic heterocycles. The van der Waals surface area contributed by atoms with E-state index in [1.807, 2.05) is 24.3 Å². The highest BCUT2D eigenvalue weighted by molar-refractivity contribution is 7.90. The summed E-state index contributed by atoms with van der Waals surface area (Å²) in [6, 6.07) is 17.9. The third-order valence-electron chi connectivity index (χ3n) is 5.95. The normalized spacial score (nSPS) is 12.1. The van der Waals surface area contributed by atoms with Crippen molar-refractivity contribution in [2.45, 2.75) is 18.0 Å². The van der Waals surface area contributed by atoms with Crippen LogP contribution in [0.25, 0.3) is 41.5 Å². The average Bonchev–Trinajstić information content (AvgIpc) is 3.57. The van der Waals surface area contributed by atoms with Crippen LogP contribution in [0.2, 0.25) is 0 Å². The lowest BCUT2D eigenvalue weighted by atomic mass is 9.99. The molecule has 0 aliphatic rings. The van der Waals surface area contributed by atoms with Crippen LogP contribution in [0, 0.1) is 0 Å². The first-order valence-corrected chi connectivity index (χ1v) is 15.2. The number of rotatable bonds is 6. The highest BCUT2D eigenvalue weighted by Crippen LogP contribution is 2.44. The van der Waals surface area contributed by atoms with Crippen LogP contribution in [0.3, 0.4) is 0 Å². The Morgan fingerprint density at radius 2 is 1.56 bits per heavy atom. The quantitative estimate of drug-likeness (QED) is 0.189. The Bertz CT molecular complexity index is 1820. The number of benzene rings is 2. The molecule has 2 aromatic carbocycles. The summed E-state index contributed by atoms with van der Waals surface area (Å²) in [5.74, 6) is -0.668. The Kier molecular flexibility index (Phi) is 7.08. The number of alkyl halides is 3. The number of sulfone groups is 1. The molecule has 0 bridgehead atoms. The molecule has 0 spiro atoms. The zero-order chi connectivity index (χ0) is 27.9. The lowest BCUT2D eigenvalue weighted by Crippen LogP contribution is -2.10. The molecule has 11 heteroatoms. The average molecular weight is 588 g/mol. The summed E-state index contributed by atoms with van der Waals surface area (Å²) in [5.41, 5.74) is 0.0511. The van der Waals surface area contributed by atoms with E-state index in [4.69, 9.17) is 4.74 Å². The minimum Gasteiger partial charge on any atom is -0.462 e. The fourth-order valence-electron chi connectivity index (χ4n) is 4.19. The Hall–Kier alpha value is -3.54. The number of para-hydroxylation sites is 1. The van der Waals surface area contributed by atoms with Crippen LogP contribution in [0.15, 0.2) is 77.8 Å². The largest absolute Gasteiger partial charge is 0.462 e. The van der Waals surface area contributed by atoms with Gasteiger partial charge in [0.15, 0.2) is 9.84 Å². The van der Waals surface area contributed by atoms with Crippen molar-refractivity contribution in [3.8, 4) is 30.6 Å². The summed E-state index contributed by atoms with van der Waals surface area (Å²) in [6.45, 7) is 1.75. The molecule has 0 aliphatic heterocycles. The summed E-state index contributed by atoms with van der Waals surface area (Å²) in [6.07, 6.45) is -2.32. The van der Waals surface area contributed by atoms with Gasteiger partial charge in [-0.05, 0) is 55.0 Å². The molecule has 0 amide bonds. The fourth-order valence-corrected chi connectivity index (χ4v) is 7.03. The summed E-state index contributed by atoms with van der Waals surface area (Å²) in [5, 5.41) is 0.202. The van der Waals surface area contributed by atoms with Gasteiger partial charge < -0.3 is 4.74 Å². The molecule has 200 valence electrons. The first kappa shape index (κ1) is 27.0. The van der Waals surface area contributed by atoms with Gasteiger partial charge in [-0.3, -0.25) is 4.98 Å². The van der Waals surface area contributed by atoms with Crippen LogP contribution in [0.5, 0.6) is 0 Å². The Balaban J connectivity index is 1.61. The van der Waals surface area contributed by atoms with E-state index >= 15 is 0 Å². The molecule has 39 heavy (non-hydrogen) atoms. The van der Waals surface area contributed by atoms with Gasteiger partial charge in [0, 0.05) is 42.9 Å². The van der Waals surface area contributed by atoms with Crippen molar-refractivity contribution >= 4 is 49.4 Å². The number of carbonyl (C=O) groups excluding carboxylic acids is 1. The molecule has 0 fully saturated rings. The van der Waals surface area contributed by atoms with E-state index in [2.05, 4.69) is 4.98 Å². The highest BCUT2D eigenvalue weighted by Gasteiger charge is 2.34. The molecule has 0 unspecified atom stereocenters. The Labute approximate surface area is 230 Å². The molecule has 0 radical (unpaired) electrons. The standard InChI is InChI=1S/C28H20F3NO4S3/c1-3-36-27(33)19-15-32-26-18(8-5-9-20(26)28(29,30)31)25(19)24-13-12-23(38-24)22-11-10-21(37-22)16-6-4-7-17(14-16)39(2,34)35/h4-15H,3H2,1-2H3. The molecule has 0 aliphatic carbocycles. The molecule has 3 heterocycles. The summed E-state index contributed by atoms with van der Waals surface area (Å²) < 4.78 is 70.3. The molecule has 5 nitrogen and oxygen atoms in total. The maximum atomic E-state index is 13.7. The number of halogens is 3. The molecule has 5 rings (SSSR count). The highest BCUT2D eigenvalue weighted by atomic mass is 32.2. The van der Waals surface area contributed by atoms with E-state index in [1.165, 1.54) is 34.8 Å². The summed E-state index contributed by atoms with van der Waals surface area (Å²) in [7, 11) is -3.36. The SMILES string of the molecule is CCOC(=O)c1cnc2c(C(F)(F)F)cccc2c1-c1ccc(-c2ccc(-c3cccc(S(C)(=O)=O)c3)s2)s1. The molecule has 0 saturated carbocycles. The number of pyridine rings is 1. The van der Waals surface area contributed by atoms with E-state index in [1.54, 1.807) is 31.2 Å². The second-order valence-corrected chi connectivity index (χ2v) is 12.8. The monoisotopic (exact) mass is 587 g/mol. The van der Waals surface area contributed by atoms with Gasteiger partial charge in [-0.2, -0.15) is 13.2 Å². The third-order valence-corrected chi connectivity index (χ3v) is 9.49. The van der Waals surface area contributed by atoms with Gasteiger partial charge in [0.2, 0.25) is 0 Å². The Morgan fingerprint density at radius 1 is 0.923 bits per heavy atom. The lowest BCUT2D eigenvalue weighted by Gasteiger charge is -2.14. The number of hydrogen-bond donors (Lipinski definition) is 0. The van der Waals surface area contributed by atoms with Crippen molar-refractivity contribution in [1.29, 1.82) is 0 Å². The second kappa shape index (κ2) is 10.2. The van der Waals surface area contributed by atoms with E-state index in [9.17, 15) is 26.4 Å². The van der Waals surface area contributed by atoms with E-state index in [0.717, 1.165) is 38.7 Å². The topological polar surface area (TPSA) is 73.3 Å². The minimum absolute atomic E-state index is 0.0848. The number of hydrogen-bond acceptors (Lipinski definition) is 7. The molecule has 5 aromatic rings. The fraction of sp³-hybridized carbons (Fsp3) is 0.143.